The maximum Gasteiger partial charge on any atom is 0.239 e. The van der Waals surface area contributed by atoms with Crippen LogP contribution in [-0.2, 0) is 11.8 Å². The summed E-state index contributed by atoms with van der Waals surface area (Å²) >= 11 is 0. The molecule has 1 saturated heterocycles. The van der Waals surface area contributed by atoms with Crippen LogP contribution in [0.25, 0.3) is 0 Å². The van der Waals surface area contributed by atoms with E-state index in [2.05, 4.69) is 20.5 Å². The van der Waals surface area contributed by atoms with Crippen LogP contribution in [0.3, 0.4) is 0 Å². The number of rotatable bonds is 4. The molecule has 0 bridgehead atoms. The fraction of sp³-hybridized carbons (Fsp3) is 0.500. The summed E-state index contributed by atoms with van der Waals surface area (Å²) in [4.78, 5) is 14.2. The van der Waals surface area contributed by atoms with Crippen molar-refractivity contribution in [3.8, 4) is 0 Å². The van der Waals surface area contributed by atoms with Crippen molar-refractivity contribution in [2.75, 3.05) is 18.4 Å². The SMILES string of the molecule is Cc1cc(C2CCCN2CC(=O)Nc2ccn(C)n2)on1. The standard InChI is InChI=1S/C14H19N5O2/c1-10-8-12(21-17-10)11-4-3-6-19(11)9-14(20)15-13-5-7-18(2)16-13/h5,7-8,11H,3-4,6,9H2,1-2H3,(H,15,16,20). The summed E-state index contributed by atoms with van der Waals surface area (Å²) in [5, 5.41) is 10.9. The van der Waals surface area contributed by atoms with E-state index in [1.807, 2.05) is 20.0 Å². The van der Waals surface area contributed by atoms with Crippen molar-refractivity contribution in [1.29, 1.82) is 0 Å². The van der Waals surface area contributed by atoms with E-state index in [1.165, 1.54) is 0 Å². The van der Waals surface area contributed by atoms with Gasteiger partial charge in [-0.2, -0.15) is 5.10 Å². The Morgan fingerprint density at radius 1 is 1.57 bits per heavy atom. The van der Waals surface area contributed by atoms with E-state index >= 15 is 0 Å². The second-order valence-corrected chi connectivity index (χ2v) is 5.42. The topological polar surface area (TPSA) is 76.2 Å². The third-order valence-electron chi connectivity index (χ3n) is 3.67. The number of amides is 1. The van der Waals surface area contributed by atoms with E-state index in [0.717, 1.165) is 30.8 Å². The molecule has 2 aromatic heterocycles. The molecule has 0 saturated carbocycles. The maximum atomic E-state index is 12.1. The minimum Gasteiger partial charge on any atom is -0.359 e. The molecule has 112 valence electrons. The van der Waals surface area contributed by atoms with Crippen LogP contribution in [0.2, 0.25) is 0 Å². The number of hydrogen-bond donors (Lipinski definition) is 1. The van der Waals surface area contributed by atoms with Crippen molar-refractivity contribution in [1.82, 2.24) is 19.8 Å². The van der Waals surface area contributed by atoms with Crippen LogP contribution in [0, 0.1) is 6.92 Å². The molecule has 1 amide bonds. The molecule has 7 heteroatoms. The zero-order valence-electron chi connectivity index (χ0n) is 12.2. The summed E-state index contributed by atoms with van der Waals surface area (Å²) < 4.78 is 7.00. The average Bonchev–Trinajstić information content (AvgIpc) is 3.12. The van der Waals surface area contributed by atoms with Gasteiger partial charge in [-0.25, -0.2) is 0 Å². The van der Waals surface area contributed by atoms with Crippen LogP contribution in [0.1, 0.15) is 30.3 Å². The zero-order chi connectivity index (χ0) is 14.8. The van der Waals surface area contributed by atoms with E-state index in [0.29, 0.717) is 12.4 Å². The van der Waals surface area contributed by atoms with Gasteiger partial charge >= 0.3 is 0 Å². The normalized spacial score (nSPS) is 19.0. The molecule has 0 aromatic carbocycles. The highest BCUT2D eigenvalue weighted by atomic mass is 16.5. The van der Waals surface area contributed by atoms with Gasteiger partial charge in [-0.3, -0.25) is 14.4 Å². The lowest BCUT2D eigenvalue weighted by atomic mass is 10.1. The van der Waals surface area contributed by atoms with Crippen molar-refractivity contribution in [2.24, 2.45) is 7.05 Å². The van der Waals surface area contributed by atoms with Gasteiger partial charge in [0.15, 0.2) is 11.6 Å². The Morgan fingerprint density at radius 3 is 3.10 bits per heavy atom. The number of aromatic nitrogens is 3. The molecule has 1 atom stereocenters. The van der Waals surface area contributed by atoms with Gasteiger partial charge in [0.25, 0.3) is 0 Å². The monoisotopic (exact) mass is 289 g/mol. The van der Waals surface area contributed by atoms with Gasteiger partial charge in [0.1, 0.15) is 0 Å². The van der Waals surface area contributed by atoms with Crippen LogP contribution in [-0.4, -0.2) is 38.8 Å². The van der Waals surface area contributed by atoms with Gasteiger partial charge in [-0.05, 0) is 26.3 Å². The molecule has 3 heterocycles. The first-order valence-corrected chi connectivity index (χ1v) is 7.08. The van der Waals surface area contributed by atoms with Gasteiger partial charge in [0.05, 0.1) is 18.3 Å². The van der Waals surface area contributed by atoms with Crippen molar-refractivity contribution in [2.45, 2.75) is 25.8 Å². The van der Waals surface area contributed by atoms with Crippen LogP contribution in [0.4, 0.5) is 5.82 Å². The number of carbonyl (C=O) groups excluding carboxylic acids is 1. The Hall–Kier alpha value is -2.15. The molecule has 0 spiro atoms. The molecule has 3 rings (SSSR count). The lowest BCUT2D eigenvalue weighted by Gasteiger charge is -2.21. The van der Waals surface area contributed by atoms with Gasteiger partial charge < -0.3 is 9.84 Å². The number of carbonyl (C=O) groups is 1. The van der Waals surface area contributed by atoms with E-state index in [9.17, 15) is 4.79 Å². The first-order valence-electron chi connectivity index (χ1n) is 7.08. The first-order chi connectivity index (χ1) is 10.1. The Morgan fingerprint density at radius 2 is 2.43 bits per heavy atom. The molecule has 21 heavy (non-hydrogen) atoms. The predicted octanol–water partition coefficient (Wildman–Crippen LogP) is 1.49. The molecule has 7 nitrogen and oxygen atoms in total. The maximum absolute atomic E-state index is 12.1. The number of likely N-dealkylation sites (tertiary alicyclic amines) is 1. The number of aryl methyl sites for hydroxylation is 2. The molecule has 1 aliphatic rings. The summed E-state index contributed by atoms with van der Waals surface area (Å²) in [6.45, 7) is 3.13. The van der Waals surface area contributed by atoms with Crippen molar-refractivity contribution in [3.05, 3.63) is 29.8 Å². The number of anilines is 1. The van der Waals surface area contributed by atoms with Crippen molar-refractivity contribution in [3.63, 3.8) is 0 Å². The smallest absolute Gasteiger partial charge is 0.239 e. The lowest BCUT2D eigenvalue weighted by Crippen LogP contribution is -2.32. The van der Waals surface area contributed by atoms with Crippen molar-refractivity contribution < 1.29 is 9.32 Å². The molecule has 0 aliphatic carbocycles. The third kappa shape index (κ3) is 3.13. The minimum absolute atomic E-state index is 0.0585. The summed E-state index contributed by atoms with van der Waals surface area (Å²) in [5.74, 6) is 1.36. The van der Waals surface area contributed by atoms with Crippen molar-refractivity contribution >= 4 is 11.7 Å². The number of nitrogens with one attached hydrogen (secondary N) is 1. The predicted molar refractivity (Wildman–Crippen MR) is 76.6 cm³/mol. The highest BCUT2D eigenvalue weighted by Gasteiger charge is 2.30. The first kappa shape index (κ1) is 13.8. The average molecular weight is 289 g/mol. The molecular formula is C14H19N5O2. The van der Waals surface area contributed by atoms with E-state index in [4.69, 9.17) is 4.52 Å². The summed E-state index contributed by atoms with van der Waals surface area (Å²) in [7, 11) is 1.82. The summed E-state index contributed by atoms with van der Waals surface area (Å²) in [6, 6.07) is 3.86. The Balaban J connectivity index is 1.62. The Kier molecular flexibility index (Phi) is 3.74. The third-order valence-corrected chi connectivity index (χ3v) is 3.67. The molecule has 0 radical (unpaired) electrons. The second-order valence-electron chi connectivity index (χ2n) is 5.42. The fourth-order valence-corrected chi connectivity index (χ4v) is 2.73. The van der Waals surface area contributed by atoms with Gasteiger partial charge in [0.2, 0.25) is 5.91 Å². The van der Waals surface area contributed by atoms with E-state index in [-0.39, 0.29) is 11.9 Å². The molecule has 2 aromatic rings. The summed E-state index contributed by atoms with van der Waals surface area (Å²) in [5.41, 5.74) is 0.870. The quantitative estimate of drug-likeness (QED) is 0.923. The van der Waals surface area contributed by atoms with Gasteiger partial charge in [0, 0.05) is 25.4 Å². The molecule has 1 unspecified atom stereocenters. The minimum atomic E-state index is -0.0585. The van der Waals surface area contributed by atoms with Crippen LogP contribution in [0.15, 0.2) is 22.9 Å². The van der Waals surface area contributed by atoms with Crippen LogP contribution < -0.4 is 5.32 Å². The number of hydrogen-bond acceptors (Lipinski definition) is 5. The Labute approximate surface area is 122 Å². The van der Waals surface area contributed by atoms with E-state index in [1.54, 1.807) is 16.9 Å². The largest absolute Gasteiger partial charge is 0.359 e. The Bertz CT molecular complexity index is 633. The molecular weight excluding hydrogens is 270 g/mol. The molecule has 1 fully saturated rings. The highest BCUT2D eigenvalue weighted by molar-refractivity contribution is 5.91. The van der Waals surface area contributed by atoms with Gasteiger partial charge in [-0.15, -0.1) is 0 Å². The molecule has 1 aliphatic heterocycles. The second kappa shape index (κ2) is 5.69. The van der Waals surface area contributed by atoms with Crippen LogP contribution >= 0.6 is 0 Å². The highest BCUT2D eigenvalue weighted by Crippen LogP contribution is 2.31. The van der Waals surface area contributed by atoms with Crippen LogP contribution in [0.5, 0.6) is 0 Å². The zero-order valence-corrected chi connectivity index (χ0v) is 12.2. The van der Waals surface area contributed by atoms with E-state index < -0.39 is 0 Å². The van der Waals surface area contributed by atoms with Gasteiger partial charge in [-0.1, -0.05) is 5.16 Å². The fourth-order valence-electron chi connectivity index (χ4n) is 2.73. The number of nitrogens with zero attached hydrogens (tertiary/aromatic N) is 4. The summed E-state index contributed by atoms with van der Waals surface area (Å²) in [6.07, 6.45) is 3.85. The lowest BCUT2D eigenvalue weighted by molar-refractivity contribution is -0.117. The molecule has 1 N–H and O–H groups in total.